The van der Waals surface area contributed by atoms with Crippen LogP contribution in [0, 0.1) is 5.41 Å². The van der Waals surface area contributed by atoms with E-state index in [4.69, 9.17) is 11.6 Å². The molecule has 1 aromatic heterocycles. The molecule has 3 heteroatoms. The van der Waals surface area contributed by atoms with E-state index in [0.717, 1.165) is 17.9 Å². The first-order chi connectivity index (χ1) is 9.44. The first-order valence-electron chi connectivity index (χ1n) is 6.89. The molecule has 2 aromatic rings. The average Bonchev–Trinajstić information content (AvgIpc) is 2.64. The van der Waals surface area contributed by atoms with Crippen LogP contribution in [-0.4, -0.2) is 0 Å². The largest absolute Gasteiger partial charge is 0.262 e. The highest BCUT2D eigenvalue weighted by Gasteiger charge is 2.25. The Hall–Kier alpha value is -1.12. The summed E-state index contributed by atoms with van der Waals surface area (Å²) < 4.78 is 3.59. The predicted octanol–water partition coefficient (Wildman–Crippen LogP) is 5.05. The number of allylic oxidation sites excluding steroid dienone is 3. The van der Waals surface area contributed by atoms with Crippen molar-refractivity contribution in [3.8, 4) is 0 Å². The van der Waals surface area contributed by atoms with Crippen molar-refractivity contribution in [2.75, 3.05) is 0 Å². The van der Waals surface area contributed by atoms with Gasteiger partial charge in [-0.25, -0.2) is 0 Å². The van der Waals surface area contributed by atoms with Crippen LogP contribution in [0.1, 0.15) is 31.7 Å². The van der Waals surface area contributed by atoms with Crippen molar-refractivity contribution < 1.29 is 4.57 Å². The lowest BCUT2D eigenvalue weighted by Gasteiger charge is -2.28. The molecule has 1 aliphatic rings. The maximum atomic E-state index is 6.30. The van der Waals surface area contributed by atoms with Gasteiger partial charge in [-0.1, -0.05) is 48.9 Å². The second-order valence-corrected chi connectivity index (χ2v) is 7.84. The van der Waals surface area contributed by atoms with Gasteiger partial charge in [0.15, 0.2) is 0 Å². The number of hydrogen-bond donors (Lipinski definition) is 0. The maximum Gasteiger partial charge on any atom is 0.262 e. The van der Waals surface area contributed by atoms with Crippen LogP contribution in [-0.2, 0) is 7.05 Å². The van der Waals surface area contributed by atoms with E-state index in [1.54, 1.807) is 0 Å². The molecule has 0 saturated carbocycles. The van der Waals surface area contributed by atoms with Crippen LogP contribution in [0.2, 0.25) is 0 Å². The van der Waals surface area contributed by atoms with Gasteiger partial charge in [0, 0.05) is 17.2 Å². The van der Waals surface area contributed by atoms with E-state index in [0.29, 0.717) is 0 Å². The van der Waals surface area contributed by atoms with Crippen LogP contribution < -0.4 is 4.57 Å². The second-order valence-electron chi connectivity index (χ2n) is 6.30. The van der Waals surface area contributed by atoms with Crippen molar-refractivity contribution in [1.82, 2.24) is 0 Å². The van der Waals surface area contributed by atoms with Gasteiger partial charge < -0.3 is 0 Å². The van der Waals surface area contributed by atoms with Gasteiger partial charge >= 0.3 is 0 Å². The smallest absolute Gasteiger partial charge is 0.185 e. The molecule has 0 bridgehead atoms. The Morgan fingerprint density at radius 2 is 2.00 bits per heavy atom. The van der Waals surface area contributed by atoms with E-state index >= 15 is 0 Å². The van der Waals surface area contributed by atoms with Crippen molar-refractivity contribution in [1.29, 1.82) is 0 Å². The monoisotopic (exact) mass is 304 g/mol. The third-order valence-corrected chi connectivity index (χ3v) is 5.16. The summed E-state index contributed by atoms with van der Waals surface area (Å²) in [5.74, 6) is 0. The molecule has 0 amide bonds. The van der Waals surface area contributed by atoms with Gasteiger partial charge in [-0.05, 0) is 36.0 Å². The van der Waals surface area contributed by atoms with Crippen molar-refractivity contribution in [3.63, 3.8) is 0 Å². The lowest BCUT2D eigenvalue weighted by atomic mass is 9.78. The molecule has 1 nitrogen and oxygen atoms in total. The molecule has 0 atom stereocenters. The summed E-state index contributed by atoms with van der Waals surface area (Å²) in [6.07, 6.45) is 6.48. The molecule has 0 fully saturated rings. The zero-order chi connectivity index (χ0) is 14.3. The Labute approximate surface area is 129 Å². The molecule has 1 aliphatic carbocycles. The van der Waals surface area contributed by atoms with Crippen LogP contribution >= 0.6 is 22.9 Å². The summed E-state index contributed by atoms with van der Waals surface area (Å²) in [4.78, 5) is 0. The number of rotatable bonds is 1. The molecule has 3 rings (SSSR count). The van der Waals surface area contributed by atoms with Crippen LogP contribution in [0.3, 0.4) is 0 Å². The van der Waals surface area contributed by atoms with Gasteiger partial charge in [-0.15, -0.1) is 0 Å². The molecule has 1 heterocycles. The van der Waals surface area contributed by atoms with Crippen LogP contribution in [0.15, 0.2) is 40.9 Å². The summed E-state index contributed by atoms with van der Waals surface area (Å²) in [6, 6.07) is 8.53. The first kappa shape index (κ1) is 13.8. The maximum absolute atomic E-state index is 6.30. The predicted molar refractivity (Wildman–Crippen MR) is 87.9 cm³/mol. The number of benzene rings is 1. The SMILES string of the molecule is C[n+]1c(/C=C2\C=C(Cl)CC(C)(C)C2)sc2ccccc21. The van der Waals surface area contributed by atoms with E-state index in [1.807, 2.05) is 11.3 Å². The summed E-state index contributed by atoms with van der Waals surface area (Å²) in [7, 11) is 2.13. The lowest BCUT2D eigenvalue weighted by Crippen LogP contribution is -2.29. The van der Waals surface area contributed by atoms with Crippen molar-refractivity contribution in [2.24, 2.45) is 12.5 Å². The van der Waals surface area contributed by atoms with E-state index < -0.39 is 0 Å². The number of nitrogens with zero attached hydrogens (tertiary/aromatic N) is 1. The van der Waals surface area contributed by atoms with Crippen LogP contribution in [0.25, 0.3) is 16.3 Å². The Balaban J connectivity index is 2.06. The summed E-state index contributed by atoms with van der Waals surface area (Å²) >= 11 is 8.13. The van der Waals surface area contributed by atoms with E-state index in [1.165, 1.54) is 20.8 Å². The fourth-order valence-electron chi connectivity index (χ4n) is 2.87. The molecule has 0 aliphatic heterocycles. The second kappa shape index (κ2) is 5.01. The summed E-state index contributed by atoms with van der Waals surface area (Å²) in [6.45, 7) is 4.56. The van der Waals surface area contributed by atoms with Crippen molar-refractivity contribution in [2.45, 2.75) is 26.7 Å². The number of aromatic nitrogens is 1. The third kappa shape index (κ3) is 2.68. The number of halogens is 1. The molecule has 0 N–H and O–H groups in total. The lowest BCUT2D eigenvalue weighted by molar-refractivity contribution is -0.642. The highest BCUT2D eigenvalue weighted by molar-refractivity contribution is 7.18. The van der Waals surface area contributed by atoms with Crippen LogP contribution in [0.5, 0.6) is 0 Å². The number of para-hydroxylation sites is 1. The minimum absolute atomic E-state index is 0.257. The zero-order valence-corrected chi connectivity index (χ0v) is 13.7. The molecule has 0 unspecified atom stereocenters. The zero-order valence-electron chi connectivity index (χ0n) is 12.1. The Bertz CT molecular complexity index is 722. The van der Waals surface area contributed by atoms with Gasteiger partial charge in [0.1, 0.15) is 11.7 Å². The van der Waals surface area contributed by atoms with Gasteiger partial charge in [-0.2, -0.15) is 4.57 Å². The normalized spacial score (nSPS) is 20.4. The number of aryl methyl sites for hydroxylation is 1. The van der Waals surface area contributed by atoms with E-state index in [2.05, 4.69) is 61.9 Å². The van der Waals surface area contributed by atoms with Crippen LogP contribution in [0.4, 0.5) is 0 Å². The third-order valence-electron chi connectivity index (χ3n) is 3.75. The molecule has 1 aromatic carbocycles. The van der Waals surface area contributed by atoms with Gasteiger partial charge in [0.05, 0.1) is 0 Å². The molecule has 0 spiro atoms. The molecular weight excluding hydrogens is 286 g/mol. The minimum atomic E-state index is 0.257. The number of thiazole rings is 1. The Kier molecular flexibility index (Phi) is 3.47. The van der Waals surface area contributed by atoms with E-state index in [-0.39, 0.29) is 5.41 Å². The van der Waals surface area contributed by atoms with Gasteiger partial charge in [0.2, 0.25) is 5.52 Å². The fourth-order valence-corrected chi connectivity index (χ4v) is 4.50. The Morgan fingerprint density at radius 1 is 1.25 bits per heavy atom. The molecule has 0 radical (unpaired) electrons. The van der Waals surface area contributed by atoms with Crippen molar-refractivity contribution in [3.05, 3.63) is 46.0 Å². The quantitative estimate of drug-likeness (QED) is 0.649. The molecule has 20 heavy (non-hydrogen) atoms. The summed E-state index contributed by atoms with van der Waals surface area (Å²) in [5, 5.41) is 2.25. The highest BCUT2D eigenvalue weighted by Crippen LogP contribution is 2.40. The fraction of sp³-hybridized carbons (Fsp3) is 0.353. The summed E-state index contributed by atoms with van der Waals surface area (Å²) in [5.41, 5.74) is 2.87. The Morgan fingerprint density at radius 3 is 2.70 bits per heavy atom. The molecule has 0 saturated heterocycles. The minimum Gasteiger partial charge on any atom is -0.185 e. The highest BCUT2D eigenvalue weighted by atomic mass is 35.5. The number of fused-ring (bicyclic) bond motifs is 1. The molecular formula is C17H19ClNS+. The van der Waals surface area contributed by atoms with Gasteiger partial charge in [-0.3, -0.25) is 0 Å². The first-order valence-corrected chi connectivity index (χ1v) is 8.08. The number of hydrogen-bond acceptors (Lipinski definition) is 1. The molecule has 104 valence electrons. The topological polar surface area (TPSA) is 3.88 Å². The van der Waals surface area contributed by atoms with Gasteiger partial charge in [0.25, 0.3) is 5.01 Å². The van der Waals surface area contributed by atoms with Crippen molar-refractivity contribution >= 4 is 39.2 Å². The standard InChI is InChI=1S/C17H19ClNS/c1-17(2)10-12(8-13(18)11-17)9-16-19(3)14-6-4-5-7-15(14)20-16/h4-9H,10-11H2,1-3H3/q+1/b12-9+. The van der Waals surface area contributed by atoms with E-state index in [9.17, 15) is 0 Å². The average molecular weight is 305 g/mol.